The van der Waals surface area contributed by atoms with Crippen molar-refractivity contribution in [1.82, 2.24) is 0 Å². The monoisotopic (exact) mass is 326 g/mol. The van der Waals surface area contributed by atoms with Crippen LogP contribution in [0.2, 0.25) is 0 Å². The van der Waals surface area contributed by atoms with Crippen LogP contribution in [0.1, 0.15) is 20.8 Å². The van der Waals surface area contributed by atoms with Gasteiger partial charge in [0.25, 0.3) is 0 Å². The molecule has 1 rings (SSSR count). The first-order valence-corrected chi connectivity index (χ1v) is 5.67. The van der Waals surface area contributed by atoms with Gasteiger partial charge in [-0.05, 0) is 6.92 Å². The fourth-order valence-electron chi connectivity index (χ4n) is 2.07. The topological polar surface area (TPSA) is 0 Å². The van der Waals surface area contributed by atoms with E-state index in [1.165, 1.54) is 0 Å². The van der Waals surface area contributed by atoms with Crippen molar-refractivity contribution in [2.45, 2.75) is 39.0 Å². The van der Waals surface area contributed by atoms with Gasteiger partial charge in [-0.3, -0.25) is 0 Å². The van der Waals surface area contributed by atoms with Gasteiger partial charge >= 0.3 is 12.0 Å². The molecular weight excluding hydrogens is 315 g/mol. The number of halogens is 9. The number of rotatable bonds is 2. The summed E-state index contributed by atoms with van der Waals surface area (Å²) in [6.45, 7) is 1.37. The Bertz CT molecular complexity index is 501. The molecule has 122 valence electrons. The summed E-state index contributed by atoms with van der Waals surface area (Å²) in [6, 6.07) is 0. The van der Waals surface area contributed by atoms with Crippen LogP contribution in [0, 0.1) is 10.8 Å². The first kappa shape index (κ1) is 17.9. The first-order chi connectivity index (χ1) is 9.23. The van der Waals surface area contributed by atoms with Gasteiger partial charge in [-0.1, -0.05) is 13.8 Å². The second-order valence-electron chi connectivity index (χ2n) is 5.50. The summed E-state index contributed by atoms with van der Waals surface area (Å²) >= 11 is 0. The van der Waals surface area contributed by atoms with E-state index in [-0.39, 0.29) is 6.92 Å². The van der Waals surface area contributed by atoms with E-state index >= 15 is 0 Å². The molecule has 0 aliphatic heterocycles. The van der Waals surface area contributed by atoms with Gasteiger partial charge in [0.05, 0.1) is 5.41 Å². The highest BCUT2D eigenvalue weighted by Gasteiger charge is 2.70. The summed E-state index contributed by atoms with van der Waals surface area (Å²) in [5.74, 6) is -13.5. The predicted octanol–water partition coefficient (Wildman–Crippen LogP) is 5.57. The highest BCUT2D eigenvalue weighted by molar-refractivity contribution is 5.32. The standard InChI is InChI=1S/C12H11F9/c1-10(2)4(13)6(15)11(3,7(16)5(10)14)12(20,21)8(17)9(18)19/h4,6H,1-3H3. The molecular formula is C12H11F9. The van der Waals surface area contributed by atoms with Crippen LogP contribution in [-0.4, -0.2) is 18.3 Å². The summed E-state index contributed by atoms with van der Waals surface area (Å²) in [6.07, 6.45) is -9.95. The Morgan fingerprint density at radius 1 is 0.905 bits per heavy atom. The van der Waals surface area contributed by atoms with Gasteiger partial charge < -0.3 is 0 Å². The number of hydrogen-bond donors (Lipinski definition) is 0. The van der Waals surface area contributed by atoms with E-state index in [4.69, 9.17) is 0 Å². The fraction of sp³-hybridized carbons (Fsp3) is 0.667. The lowest BCUT2D eigenvalue weighted by molar-refractivity contribution is -0.159. The third-order valence-electron chi connectivity index (χ3n) is 3.81. The van der Waals surface area contributed by atoms with Crippen molar-refractivity contribution >= 4 is 0 Å². The van der Waals surface area contributed by atoms with E-state index in [0.717, 1.165) is 0 Å². The molecule has 0 spiro atoms. The minimum absolute atomic E-state index is 0.0447. The van der Waals surface area contributed by atoms with Gasteiger partial charge in [-0.2, -0.15) is 22.0 Å². The number of alkyl halides is 4. The van der Waals surface area contributed by atoms with Crippen molar-refractivity contribution in [2.24, 2.45) is 10.8 Å². The van der Waals surface area contributed by atoms with Crippen molar-refractivity contribution in [3.63, 3.8) is 0 Å². The van der Waals surface area contributed by atoms with E-state index in [1.807, 2.05) is 0 Å². The third kappa shape index (κ3) is 2.15. The third-order valence-corrected chi connectivity index (χ3v) is 3.81. The zero-order valence-electron chi connectivity index (χ0n) is 11.1. The lowest BCUT2D eigenvalue weighted by Crippen LogP contribution is -2.57. The Kier molecular flexibility index (Phi) is 4.22. The molecule has 0 bridgehead atoms. The van der Waals surface area contributed by atoms with Gasteiger partial charge in [0.2, 0.25) is 5.83 Å². The molecule has 21 heavy (non-hydrogen) atoms. The summed E-state index contributed by atoms with van der Waals surface area (Å²) in [5, 5.41) is 0. The average Bonchev–Trinajstić information content (AvgIpc) is 2.40. The van der Waals surface area contributed by atoms with Crippen LogP contribution in [0.5, 0.6) is 0 Å². The van der Waals surface area contributed by atoms with E-state index < -0.39 is 52.7 Å². The van der Waals surface area contributed by atoms with E-state index in [0.29, 0.717) is 13.8 Å². The van der Waals surface area contributed by atoms with E-state index in [9.17, 15) is 39.5 Å². The second kappa shape index (κ2) is 4.95. The smallest absolute Gasteiger partial charge is 0.243 e. The Balaban J connectivity index is 3.67. The van der Waals surface area contributed by atoms with Gasteiger partial charge in [0.15, 0.2) is 6.17 Å². The molecule has 0 aromatic carbocycles. The number of hydrogen-bond acceptors (Lipinski definition) is 0. The zero-order valence-corrected chi connectivity index (χ0v) is 11.1. The Morgan fingerprint density at radius 3 is 1.71 bits per heavy atom. The Hall–Kier alpha value is -1.15. The summed E-state index contributed by atoms with van der Waals surface area (Å²) in [5.41, 5.74) is -6.48. The second-order valence-corrected chi connectivity index (χ2v) is 5.50. The minimum Gasteiger partial charge on any atom is -0.243 e. The van der Waals surface area contributed by atoms with Gasteiger partial charge in [0, 0.05) is 0 Å². The first-order valence-electron chi connectivity index (χ1n) is 5.67. The molecule has 1 aliphatic carbocycles. The van der Waals surface area contributed by atoms with Crippen molar-refractivity contribution in [3.05, 3.63) is 23.6 Å². The molecule has 0 fully saturated rings. The highest BCUT2D eigenvalue weighted by Crippen LogP contribution is 2.60. The van der Waals surface area contributed by atoms with Crippen molar-refractivity contribution in [1.29, 1.82) is 0 Å². The molecule has 0 heterocycles. The largest absolute Gasteiger partial charge is 0.318 e. The lowest BCUT2D eigenvalue weighted by Gasteiger charge is -2.46. The van der Waals surface area contributed by atoms with Crippen LogP contribution in [0.15, 0.2) is 23.6 Å². The molecule has 0 aromatic heterocycles. The fourth-order valence-corrected chi connectivity index (χ4v) is 2.07. The highest BCUT2D eigenvalue weighted by atomic mass is 19.3. The summed E-state index contributed by atoms with van der Waals surface area (Å²) < 4.78 is 120. The summed E-state index contributed by atoms with van der Waals surface area (Å²) in [7, 11) is 0. The molecule has 0 aromatic rings. The van der Waals surface area contributed by atoms with Gasteiger partial charge in [0.1, 0.15) is 23.2 Å². The molecule has 0 N–H and O–H groups in total. The Morgan fingerprint density at radius 2 is 1.33 bits per heavy atom. The maximum absolute atomic E-state index is 13.9. The maximum atomic E-state index is 13.9. The minimum atomic E-state index is -5.46. The summed E-state index contributed by atoms with van der Waals surface area (Å²) in [4.78, 5) is 0. The van der Waals surface area contributed by atoms with Gasteiger partial charge in [-0.15, -0.1) is 0 Å². The van der Waals surface area contributed by atoms with Crippen molar-refractivity contribution in [3.8, 4) is 0 Å². The molecule has 9 heteroatoms. The predicted molar refractivity (Wildman–Crippen MR) is 56.2 cm³/mol. The van der Waals surface area contributed by atoms with Gasteiger partial charge in [-0.25, -0.2) is 17.6 Å². The van der Waals surface area contributed by atoms with E-state index in [2.05, 4.69) is 0 Å². The quantitative estimate of drug-likeness (QED) is 0.582. The lowest BCUT2D eigenvalue weighted by atomic mass is 9.64. The molecule has 0 amide bonds. The molecule has 0 saturated carbocycles. The molecule has 0 nitrogen and oxygen atoms in total. The van der Waals surface area contributed by atoms with Crippen LogP contribution >= 0.6 is 0 Å². The van der Waals surface area contributed by atoms with Crippen LogP contribution in [0.3, 0.4) is 0 Å². The molecule has 3 atom stereocenters. The van der Waals surface area contributed by atoms with Crippen molar-refractivity contribution in [2.75, 3.05) is 0 Å². The van der Waals surface area contributed by atoms with Crippen LogP contribution in [0.25, 0.3) is 0 Å². The Labute approximate surface area is 114 Å². The molecule has 0 saturated heterocycles. The maximum Gasteiger partial charge on any atom is 0.318 e. The SMILES string of the molecule is CC1(C)C(F)=C(F)C(C)(C(F)(F)C(F)=C(F)F)C(F)C1F. The zero-order chi connectivity index (χ0) is 17.0. The number of allylic oxidation sites excluding steroid dienone is 3. The van der Waals surface area contributed by atoms with Crippen LogP contribution < -0.4 is 0 Å². The average molecular weight is 326 g/mol. The van der Waals surface area contributed by atoms with Crippen molar-refractivity contribution < 1.29 is 39.5 Å². The molecule has 1 aliphatic rings. The van der Waals surface area contributed by atoms with Crippen LogP contribution in [-0.2, 0) is 0 Å². The molecule has 3 unspecified atom stereocenters. The van der Waals surface area contributed by atoms with E-state index in [1.54, 1.807) is 0 Å². The molecule has 0 radical (unpaired) electrons. The normalized spacial score (nSPS) is 33.1. The van der Waals surface area contributed by atoms with Crippen LogP contribution in [0.4, 0.5) is 39.5 Å².